The summed E-state index contributed by atoms with van der Waals surface area (Å²) in [5, 5.41) is 10.5. The van der Waals surface area contributed by atoms with Crippen molar-refractivity contribution in [3.63, 3.8) is 0 Å². The van der Waals surface area contributed by atoms with Gasteiger partial charge in [0.2, 0.25) is 0 Å². The van der Waals surface area contributed by atoms with E-state index < -0.39 is 0 Å². The molecule has 0 aromatic carbocycles. The van der Waals surface area contributed by atoms with Gasteiger partial charge in [-0.2, -0.15) is 0 Å². The molecule has 0 aromatic heterocycles. The first-order valence-electron chi connectivity index (χ1n) is 7.55. The highest BCUT2D eigenvalue weighted by Crippen LogP contribution is 2.33. The van der Waals surface area contributed by atoms with E-state index in [2.05, 4.69) is 18.9 Å². The van der Waals surface area contributed by atoms with Gasteiger partial charge in [-0.1, -0.05) is 39.0 Å². The van der Waals surface area contributed by atoms with Gasteiger partial charge in [0.1, 0.15) is 0 Å². The molecule has 0 spiro atoms. The molecule has 2 aliphatic rings. The fourth-order valence-electron chi connectivity index (χ4n) is 3.82. The van der Waals surface area contributed by atoms with Crippen molar-refractivity contribution in [1.29, 1.82) is 0 Å². The summed E-state index contributed by atoms with van der Waals surface area (Å²) in [4.78, 5) is 2.45. The third kappa shape index (κ3) is 3.45. The molecule has 2 aliphatic carbocycles. The monoisotopic (exact) mass is 239 g/mol. The number of nitrogens with zero attached hydrogens (tertiary/aromatic N) is 1. The number of hydrogen-bond donors (Lipinski definition) is 1. The predicted octanol–water partition coefficient (Wildman–Crippen LogP) is 3.19. The van der Waals surface area contributed by atoms with E-state index in [4.69, 9.17) is 0 Å². The van der Waals surface area contributed by atoms with Crippen molar-refractivity contribution in [2.75, 3.05) is 13.6 Å². The second-order valence-corrected chi connectivity index (χ2v) is 6.44. The van der Waals surface area contributed by atoms with Crippen LogP contribution in [0.25, 0.3) is 0 Å². The normalized spacial score (nSPS) is 33.2. The van der Waals surface area contributed by atoms with E-state index in [0.29, 0.717) is 0 Å². The number of likely N-dealkylation sites (N-methyl/N-ethyl adjacent to an activating group) is 1. The minimum absolute atomic E-state index is 0.367. The Kier molecular flexibility index (Phi) is 4.48. The lowest BCUT2D eigenvalue weighted by Crippen LogP contribution is -2.45. The van der Waals surface area contributed by atoms with Crippen molar-refractivity contribution in [2.24, 2.45) is 5.92 Å². The summed E-state index contributed by atoms with van der Waals surface area (Å²) in [6.45, 7) is 3.21. The Morgan fingerprint density at radius 1 is 1.18 bits per heavy atom. The van der Waals surface area contributed by atoms with E-state index in [-0.39, 0.29) is 5.60 Å². The zero-order valence-electron chi connectivity index (χ0n) is 11.6. The molecular formula is C15H29NO. The molecule has 2 rings (SSSR count). The SMILES string of the molecule is CCC1CCCC(N(C)CC2(O)CCCC2)C1. The second kappa shape index (κ2) is 5.71. The van der Waals surface area contributed by atoms with Crippen molar-refractivity contribution in [1.82, 2.24) is 4.90 Å². The van der Waals surface area contributed by atoms with Gasteiger partial charge in [-0.3, -0.25) is 0 Å². The fraction of sp³-hybridized carbons (Fsp3) is 1.00. The van der Waals surface area contributed by atoms with E-state index in [9.17, 15) is 5.11 Å². The summed E-state index contributed by atoms with van der Waals surface area (Å²) >= 11 is 0. The van der Waals surface area contributed by atoms with Crippen LogP contribution in [0, 0.1) is 5.92 Å². The highest BCUT2D eigenvalue weighted by Gasteiger charge is 2.34. The van der Waals surface area contributed by atoms with E-state index in [1.807, 2.05) is 0 Å². The van der Waals surface area contributed by atoms with Gasteiger partial charge >= 0.3 is 0 Å². The number of hydrogen-bond acceptors (Lipinski definition) is 2. The molecule has 1 N–H and O–H groups in total. The first kappa shape index (κ1) is 13.4. The van der Waals surface area contributed by atoms with Crippen LogP contribution in [0.15, 0.2) is 0 Å². The first-order chi connectivity index (χ1) is 8.13. The highest BCUT2D eigenvalue weighted by atomic mass is 16.3. The highest BCUT2D eigenvalue weighted by molar-refractivity contribution is 4.89. The van der Waals surface area contributed by atoms with Crippen molar-refractivity contribution in [3.8, 4) is 0 Å². The largest absolute Gasteiger partial charge is 0.389 e. The average molecular weight is 239 g/mol. The van der Waals surface area contributed by atoms with Crippen molar-refractivity contribution >= 4 is 0 Å². The molecule has 2 fully saturated rings. The van der Waals surface area contributed by atoms with E-state index in [1.54, 1.807) is 0 Å². The minimum Gasteiger partial charge on any atom is -0.389 e. The van der Waals surface area contributed by atoms with E-state index >= 15 is 0 Å². The van der Waals surface area contributed by atoms with Crippen molar-refractivity contribution in [3.05, 3.63) is 0 Å². The summed E-state index contributed by atoms with van der Waals surface area (Å²) in [6, 6.07) is 0.721. The molecule has 0 saturated heterocycles. The van der Waals surface area contributed by atoms with Gasteiger partial charge in [0, 0.05) is 12.6 Å². The number of rotatable bonds is 4. The van der Waals surface area contributed by atoms with Crippen LogP contribution in [0.4, 0.5) is 0 Å². The lowest BCUT2D eigenvalue weighted by atomic mass is 9.83. The second-order valence-electron chi connectivity index (χ2n) is 6.44. The average Bonchev–Trinajstić information content (AvgIpc) is 2.76. The van der Waals surface area contributed by atoms with Crippen LogP contribution < -0.4 is 0 Å². The lowest BCUT2D eigenvalue weighted by molar-refractivity contribution is -0.00258. The Morgan fingerprint density at radius 2 is 1.88 bits per heavy atom. The Hall–Kier alpha value is -0.0800. The third-order valence-electron chi connectivity index (χ3n) is 5.03. The van der Waals surface area contributed by atoms with Crippen molar-refractivity contribution in [2.45, 2.75) is 76.4 Å². The Morgan fingerprint density at radius 3 is 2.53 bits per heavy atom. The molecule has 0 heterocycles. The van der Waals surface area contributed by atoms with E-state index in [1.165, 1.54) is 44.9 Å². The molecule has 100 valence electrons. The molecule has 0 aliphatic heterocycles. The molecule has 2 heteroatoms. The molecular weight excluding hydrogens is 210 g/mol. The van der Waals surface area contributed by atoms with Crippen LogP contribution in [0.3, 0.4) is 0 Å². The molecule has 2 atom stereocenters. The third-order valence-corrected chi connectivity index (χ3v) is 5.03. The fourth-order valence-corrected chi connectivity index (χ4v) is 3.82. The maximum atomic E-state index is 10.5. The Bertz CT molecular complexity index is 235. The zero-order chi connectivity index (χ0) is 12.3. The quantitative estimate of drug-likeness (QED) is 0.814. The molecule has 2 saturated carbocycles. The predicted molar refractivity (Wildman–Crippen MR) is 72.1 cm³/mol. The van der Waals surface area contributed by atoms with Gasteiger partial charge in [-0.15, -0.1) is 0 Å². The van der Waals surface area contributed by atoms with Gasteiger partial charge < -0.3 is 10.0 Å². The van der Waals surface area contributed by atoms with Gasteiger partial charge in [0.05, 0.1) is 5.60 Å². The minimum atomic E-state index is -0.367. The molecule has 0 radical (unpaired) electrons. The molecule has 0 aromatic rings. The molecule has 0 bridgehead atoms. The molecule has 17 heavy (non-hydrogen) atoms. The molecule has 0 amide bonds. The van der Waals surface area contributed by atoms with E-state index in [0.717, 1.165) is 31.3 Å². The summed E-state index contributed by atoms with van der Waals surface area (Å²) < 4.78 is 0. The zero-order valence-corrected chi connectivity index (χ0v) is 11.6. The topological polar surface area (TPSA) is 23.5 Å². The van der Waals surface area contributed by atoms with Crippen LogP contribution in [0.5, 0.6) is 0 Å². The molecule has 2 unspecified atom stereocenters. The summed E-state index contributed by atoms with van der Waals surface area (Å²) in [6.07, 6.45) is 11.3. The van der Waals surface area contributed by atoms with Gasteiger partial charge in [-0.05, 0) is 38.6 Å². The smallest absolute Gasteiger partial charge is 0.0774 e. The van der Waals surface area contributed by atoms with Crippen LogP contribution in [0.2, 0.25) is 0 Å². The Balaban J connectivity index is 1.84. The van der Waals surface area contributed by atoms with Gasteiger partial charge in [0.15, 0.2) is 0 Å². The Labute approximate surface area is 106 Å². The lowest BCUT2D eigenvalue weighted by Gasteiger charge is -2.38. The van der Waals surface area contributed by atoms with Crippen LogP contribution in [-0.2, 0) is 0 Å². The molecule has 2 nitrogen and oxygen atoms in total. The van der Waals surface area contributed by atoms with Crippen LogP contribution in [0.1, 0.15) is 64.7 Å². The number of aliphatic hydroxyl groups is 1. The van der Waals surface area contributed by atoms with Crippen LogP contribution >= 0.6 is 0 Å². The van der Waals surface area contributed by atoms with Gasteiger partial charge in [-0.25, -0.2) is 0 Å². The van der Waals surface area contributed by atoms with Crippen molar-refractivity contribution < 1.29 is 5.11 Å². The summed E-state index contributed by atoms with van der Waals surface area (Å²) in [5.74, 6) is 0.925. The maximum Gasteiger partial charge on any atom is 0.0774 e. The van der Waals surface area contributed by atoms with Gasteiger partial charge in [0.25, 0.3) is 0 Å². The van der Waals surface area contributed by atoms with Crippen LogP contribution in [-0.4, -0.2) is 35.2 Å². The standard InChI is InChI=1S/C15H29NO/c1-3-13-7-6-8-14(11-13)16(2)12-15(17)9-4-5-10-15/h13-14,17H,3-12H2,1-2H3. The summed E-state index contributed by atoms with van der Waals surface area (Å²) in [5.41, 5.74) is -0.367. The maximum absolute atomic E-state index is 10.5. The summed E-state index contributed by atoms with van der Waals surface area (Å²) in [7, 11) is 2.22. The first-order valence-corrected chi connectivity index (χ1v) is 7.55.